The van der Waals surface area contributed by atoms with Crippen molar-refractivity contribution < 1.29 is 4.79 Å². The van der Waals surface area contributed by atoms with E-state index in [0.29, 0.717) is 17.9 Å². The molecule has 0 fully saturated rings. The highest BCUT2D eigenvalue weighted by molar-refractivity contribution is 5.97. The molecule has 4 nitrogen and oxygen atoms in total. The Labute approximate surface area is 96.5 Å². The van der Waals surface area contributed by atoms with E-state index in [2.05, 4.69) is 11.9 Å². The van der Waals surface area contributed by atoms with E-state index in [-0.39, 0.29) is 5.91 Å². The smallest absolute Gasteiger partial charge is 0.274 e. The van der Waals surface area contributed by atoms with Crippen LogP contribution < -0.4 is 5.73 Å². The number of anilines is 1. The molecule has 0 saturated carbocycles. The molecule has 0 aliphatic heterocycles. The Morgan fingerprint density at radius 1 is 1.50 bits per heavy atom. The van der Waals surface area contributed by atoms with Crippen LogP contribution in [0.4, 0.5) is 5.69 Å². The van der Waals surface area contributed by atoms with Crippen molar-refractivity contribution in [1.82, 2.24) is 9.88 Å². The second-order valence-corrected chi connectivity index (χ2v) is 3.68. The predicted molar refractivity (Wildman–Crippen MR) is 65.1 cm³/mol. The first-order valence-electron chi connectivity index (χ1n) is 5.70. The number of carbonyl (C=O) groups excluding carboxylic acids is 1. The molecule has 0 saturated heterocycles. The normalized spacial score (nSPS) is 10.1. The fraction of sp³-hybridized carbons (Fsp3) is 0.500. The lowest BCUT2D eigenvalue weighted by Gasteiger charge is -2.20. The van der Waals surface area contributed by atoms with Gasteiger partial charge in [0.1, 0.15) is 0 Å². The Morgan fingerprint density at radius 2 is 2.25 bits per heavy atom. The van der Waals surface area contributed by atoms with Crippen LogP contribution in [-0.4, -0.2) is 28.9 Å². The molecule has 1 aromatic rings. The van der Waals surface area contributed by atoms with Gasteiger partial charge in [-0.3, -0.25) is 4.79 Å². The molecule has 0 aliphatic carbocycles. The Bertz CT molecular complexity index is 352. The molecule has 16 heavy (non-hydrogen) atoms. The van der Waals surface area contributed by atoms with Crippen molar-refractivity contribution in [3.05, 3.63) is 24.0 Å². The summed E-state index contributed by atoms with van der Waals surface area (Å²) in [6, 6.07) is 3.43. The molecular formula is C12H19N3O. The Morgan fingerprint density at radius 3 is 2.81 bits per heavy atom. The summed E-state index contributed by atoms with van der Waals surface area (Å²) in [6.45, 7) is 5.52. The first-order chi connectivity index (χ1) is 7.70. The minimum absolute atomic E-state index is 0.0750. The monoisotopic (exact) mass is 221 g/mol. The number of nitrogens with zero attached hydrogens (tertiary/aromatic N) is 2. The average molecular weight is 221 g/mol. The molecule has 0 radical (unpaired) electrons. The van der Waals surface area contributed by atoms with Crippen LogP contribution in [0.1, 0.15) is 37.2 Å². The maximum absolute atomic E-state index is 12.1. The van der Waals surface area contributed by atoms with Gasteiger partial charge in [0.25, 0.3) is 5.91 Å². The summed E-state index contributed by atoms with van der Waals surface area (Å²) in [7, 11) is 0. The van der Waals surface area contributed by atoms with Crippen LogP contribution >= 0.6 is 0 Å². The molecule has 2 N–H and O–H groups in total. The van der Waals surface area contributed by atoms with Gasteiger partial charge in [-0.25, -0.2) is 4.98 Å². The summed E-state index contributed by atoms with van der Waals surface area (Å²) >= 11 is 0. The standard InChI is InChI=1S/C12H19N3O/c1-3-5-9-15(4-2)12(16)11-10(13)7-6-8-14-11/h6-8H,3-5,9,13H2,1-2H3. The summed E-state index contributed by atoms with van der Waals surface area (Å²) in [5, 5.41) is 0. The van der Waals surface area contributed by atoms with Gasteiger partial charge in [-0.1, -0.05) is 13.3 Å². The topological polar surface area (TPSA) is 59.2 Å². The van der Waals surface area contributed by atoms with E-state index < -0.39 is 0 Å². The van der Waals surface area contributed by atoms with Crippen LogP contribution in [0.5, 0.6) is 0 Å². The van der Waals surface area contributed by atoms with E-state index in [1.807, 2.05) is 6.92 Å². The third-order valence-corrected chi connectivity index (χ3v) is 2.49. The van der Waals surface area contributed by atoms with Crippen LogP contribution in [0.2, 0.25) is 0 Å². The number of hydrogen-bond acceptors (Lipinski definition) is 3. The van der Waals surface area contributed by atoms with E-state index in [0.717, 1.165) is 19.4 Å². The Hall–Kier alpha value is -1.58. The van der Waals surface area contributed by atoms with Gasteiger partial charge in [-0.2, -0.15) is 0 Å². The van der Waals surface area contributed by atoms with Gasteiger partial charge in [0.05, 0.1) is 5.69 Å². The van der Waals surface area contributed by atoms with Crippen molar-refractivity contribution in [3.63, 3.8) is 0 Å². The molecule has 0 spiro atoms. The fourth-order valence-corrected chi connectivity index (χ4v) is 1.50. The van der Waals surface area contributed by atoms with E-state index in [9.17, 15) is 4.79 Å². The number of carbonyl (C=O) groups is 1. The zero-order chi connectivity index (χ0) is 12.0. The predicted octanol–water partition coefficient (Wildman–Crippen LogP) is 1.93. The average Bonchev–Trinajstić information content (AvgIpc) is 2.30. The minimum atomic E-state index is -0.0750. The molecule has 88 valence electrons. The summed E-state index contributed by atoms with van der Waals surface area (Å²) in [5.41, 5.74) is 6.54. The molecule has 1 aromatic heterocycles. The van der Waals surface area contributed by atoms with E-state index in [1.165, 1.54) is 0 Å². The third kappa shape index (κ3) is 2.95. The molecule has 4 heteroatoms. The SMILES string of the molecule is CCCCN(CC)C(=O)c1ncccc1N. The van der Waals surface area contributed by atoms with E-state index in [4.69, 9.17) is 5.73 Å². The highest BCUT2D eigenvalue weighted by Crippen LogP contribution is 2.10. The number of pyridine rings is 1. The van der Waals surface area contributed by atoms with Crippen molar-refractivity contribution in [1.29, 1.82) is 0 Å². The lowest BCUT2D eigenvalue weighted by Crippen LogP contribution is -2.32. The molecule has 0 aromatic carbocycles. The molecule has 0 bridgehead atoms. The molecule has 1 amide bonds. The summed E-state index contributed by atoms with van der Waals surface area (Å²) in [6.07, 6.45) is 3.67. The molecule has 0 unspecified atom stereocenters. The first kappa shape index (κ1) is 12.5. The Kier molecular flexibility index (Phi) is 4.76. The quantitative estimate of drug-likeness (QED) is 0.826. The Balaban J connectivity index is 2.79. The van der Waals surface area contributed by atoms with Gasteiger partial charge >= 0.3 is 0 Å². The zero-order valence-electron chi connectivity index (χ0n) is 9.94. The maximum Gasteiger partial charge on any atom is 0.274 e. The van der Waals surface area contributed by atoms with Crippen LogP contribution in [0.15, 0.2) is 18.3 Å². The van der Waals surface area contributed by atoms with Gasteiger partial charge < -0.3 is 10.6 Å². The summed E-state index contributed by atoms with van der Waals surface area (Å²) in [4.78, 5) is 17.9. The largest absolute Gasteiger partial charge is 0.397 e. The molecule has 0 aliphatic rings. The first-order valence-corrected chi connectivity index (χ1v) is 5.70. The fourth-order valence-electron chi connectivity index (χ4n) is 1.50. The third-order valence-electron chi connectivity index (χ3n) is 2.49. The summed E-state index contributed by atoms with van der Waals surface area (Å²) in [5.74, 6) is -0.0750. The second kappa shape index (κ2) is 6.10. The van der Waals surface area contributed by atoms with Crippen molar-refractivity contribution in [2.45, 2.75) is 26.7 Å². The number of aromatic nitrogens is 1. The number of rotatable bonds is 5. The van der Waals surface area contributed by atoms with Crippen molar-refractivity contribution in [3.8, 4) is 0 Å². The van der Waals surface area contributed by atoms with Gasteiger partial charge in [-0.15, -0.1) is 0 Å². The second-order valence-electron chi connectivity index (χ2n) is 3.68. The number of nitrogens with two attached hydrogens (primary N) is 1. The minimum Gasteiger partial charge on any atom is -0.397 e. The summed E-state index contributed by atoms with van der Waals surface area (Å²) < 4.78 is 0. The van der Waals surface area contributed by atoms with Crippen LogP contribution in [0.25, 0.3) is 0 Å². The highest BCUT2D eigenvalue weighted by atomic mass is 16.2. The number of hydrogen-bond donors (Lipinski definition) is 1. The van der Waals surface area contributed by atoms with Crippen molar-refractivity contribution >= 4 is 11.6 Å². The van der Waals surface area contributed by atoms with Gasteiger partial charge in [0.15, 0.2) is 5.69 Å². The van der Waals surface area contributed by atoms with Gasteiger partial charge in [0, 0.05) is 19.3 Å². The maximum atomic E-state index is 12.1. The van der Waals surface area contributed by atoms with E-state index in [1.54, 1.807) is 23.2 Å². The van der Waals surface area contributed by atoms with Gasteiger partial charge in [-0.05, 0) is 25.5 Å². The molecule has 0 atom stereocenters. The van der Waals surface area contributed by atoms with Gasteiger partial charge in [0.2, 0.25) is 0 Å². The van der Waals surface area contributed by atoms with Crippen molar-refractivity contribution in [2.75, 3.05) is 18.8 Å². The number of amides is 1. The van der Waals surface area contributed by atoms with Crippen LogP contribution in [-0.2, 0) is 0 Å². The lowest BCUT2D eigenvalue weighted by molar-refractivity contribution is 0.0757. The zero-order valence-corrected chi connectivity index (χ0v) is 9.94. The van der Waals surface area contributed by atoms with E-state index >= 15 is 0 Å². The highest BCUT2D eigenvalue weighted by Gasteiger charge is 2.16. The van der Waals surface area contributed by atoms with Crippen LogP contribution in [0, 0.1) is 0 Å². The molecule has 1 rings (SSSR count). The molecular weight excluding hydrogens is 202 g/mol. The van der Waals surface area contributed by atoms with Crippen molar-refractivity contribution in [2.24, 2.45) is 0 Å². The molecule has 1 heterocycles. The lowest BCUT2D eigenvalue weighted by atomic mass is 10.2. The number of nitrogen functional groups attached to an aromatic ring is 1. The van der Waals surface area contributed by atoms with Crippen LogP contribution in [0.3, 0.4) is 0 Å². The number of unbranched alkanes of at least 4 members (excludes halogenated alkanes) is 1.